The van der Waals surface area contributed by atoms with Gasteiger partial charge in [0.15, 0.2) is 0 Å². The first-order valence-corrected chi connectivity index (χ1v) is 12.5. The van der Waals surface area contributed by atoms with Gasteiger partial charge in [-0.1, -0.05) is 24.3 Å². The minimum atomic E-state index is -3.88. The maximum absolute atomic E-state index is 15.0. The average molecular weight is 508 g/mol. The molecule has 0 spiro atoms. The van der Waals surface area contributed by atoms with E-state index in [-0.39, 0.29) is 10.6 Å². The van der Waals surface area contributed by atoms with Crippen LogP contribution in [-0.2, 0) is 19.6 Å². The zero-order valence-electron chi connectivity index (χ0n) is 21.4. The number of carbonyl (C=O) groups excluding carboxylic acids is 2. The van der Waals surface area contributed by atoms with Gasteiger partial charge in [0.05, 0.1) is 10.6 Å². The number of hydrogen-bond donors (Lipinski definition) is 3. The molecule has 0 atom stereocenters. The highest BCUT2D eigenvalue weighted by Crippen LogP contribution is 2.30. The summed E-state index contributed by atoms with van der Waals surface area (Å²) in [4.78, 5) is 24.8. The number of hydrogen-bond acceptors (Lipinski definition) is 5. The molecule has 8 nitrogen and oxygen atoms in total. The summed E-state index contributed by atoms with van der Waals surface area (Å²) in [7, 11) is -3.88. The largest absolute Gasteiger partial charge is 0.444 e. The standard InChI is InChI=1S/C25H34FN3O5S/c1-23(2,3)29-35(32,33)20-12-10-9-11-17(20)16-13-14-19(18(26)15-16)27-21(30)25(7,8)28-22(31)34-24(4,5)6/h9-15,29H,1-8H3,(H,27,30)(H,28,31). The Morgan fingerprint density at radius 3 is 2.06 bits per heavy atom. The van der Waals surface area contributed by atoms with Crippen LogP contribution in [0.3, 0.4) is 0 Å². The monoisotopic (exact) mass is 507 g/mol. The Balaban J connectivity index is 2.29. The molecule has 35 heavy (non-hydrogen) atoms. The number of anilines is 1. The molecule has 0 unspecified atom stereocenters. The molecule has 10 heteroatoms. The number of halogens is 1. The van der Waals surface area contributed by atoms with Gasteiger partial charge in [-0.15, -0.1) is 0 Å². The molecular formula is C25H34FN3O5S. The van der Waals surface area contributed by atoms with Crippen molar-refractivity contribution in [3.63, 3.8) is 0 Å². The third-order valence-corrected chi connectivity index (χ3v) is 6.34. The molecule has 0 saturated carbocycles. The van der Waals surface area contributed by atoms with Crippen molar-refractivity contribution < 1.29 is 27.1 Å². The van der Waals surface area contributed by atoms with Gasteiger partial charge in [0, 0.05) is 11.1 Å². The van der Waals surface area contributed by atoms with E-state index in [4.69, 9.17) is 4.74 Å². The molecule has 0 bridgehead atoms. The second-order valence-corrected chi connectivity index (χ2v) is 12.4. The third-order valence-electron chi connectivity index (χ3n) is 4.53. The van der Waals surface area contributed by atoms with Crippen molar-refractivity contribution in [3.8, 4) is 11.1 Å². The smallest absolute Gasteiger partial charge is 0.408 e. The van der Waals surface area contributed by atoms with Crippen LogP contribution in [0.5, 0.6) is 0 Å². The minimum Gasteiger partial charge on any atom is -0.444 e. The molecule has 3 N–H and O–H groups in total. The van der Waals surface area contributed by atoms with E-state index >= 15 is 0 Å². The van der Waals surface area contributed by atoms with Crippen molar-refractivity contribution in [3.05, 3.63) is 48.3 Å². The molecule has 0 aliphatic rings. The molecule has 2 aromatic rings. The number of ether oxygens (including phenoxy) is 1. The summed E-state index contributed by atoms with van der Waals surface area (Å²) in [5.74, 6) is -1.42. The molecule has 2 aromatic carbocycles. The van der Waals surface area contributed by atoms with E-state index in [2.05, 4.69) is 15.4 Å². The third kappa shape index (κ3) is 8.03. The number of rotatable bonds is 6. The molecule has 0 aliphatic heterocycles. The second-order valence-electron chi connectivity index (χ2n) is 10.8. The topological polar surface area (TPSA) is 114 Å². The lowest BCUT2D eigenvalue weighted by atomic mass is 10.0. The van der Waals surface area contributed by atoms with E-state index in [1.807, 2.05) is 0 Å². The van der Waals surface area contributed by atoms with E-state index in [0.717, 1.165) is 6.07 Å². The first kappa shape index (κ1) is 28.3. The summed E-state index contributed by atoms with van der Waals surface area (Å²) in [6.45, 7) is 13.2. The number of amides is 2. The van der Waals surface area contributed by atoms with Crippen LogP contribution in [0.2, 0.25) is 0 Å². The van der Waals surface area contributed by atoms with Crippen molar-refractivity contribution in [2.24, 2.45) is 0 Å². The number of benzene rings is 2. The molecule has 0 heterocycles. The molecule has 192 valence electrons. The summed E-state index contributed by atoms with van der Waals surface area (Å²) < 4.78 is 48.6. The molecule has 0 fully saturated rings. The van der Waals surface area contributed by atoms with Crippen LogP contribution in [0.15, 0.2) is 47.4 Å². The van der Waals surface area contributed by atoms with Crippen LogP contribution in [0.1, 0.15) is 55.4 Å². The van der Waals surface area contributed by atoms with E-state index in [0.29, 0.717) is 11.1 Å². The maximum Gasteiger partial charge on any atom is 0.408 e. The maximum atomic E-state index is 15.0. The van der Waals surface area contributed by atoms with Crippen LogP contribution in [0, 0.1) is 5.82 Å². The Morgan fingerprint density at radius 1 is 0.914 bits per heavy atom. The zero-order chi connectivity index (χ0) is 26.8. The van der Waals surface area contributed by atoms with Gasteiger partial charge in [-0.2, -0.15) is 0 Å². The fourth-order valence-electron chi connectivity index (χ4n) is 3.08. The lowest BCUT2D eigenvalue weighted by molar-refractivity contribution is -0.121. The summed E-state index contributed by atoms with van der Waals surface area (Å²) in [6, 6.07) is 10.3. The van der Waals surface area contributed by atoms with Crippen molar-refractivity contribution >= 4 is 27.7 Å². The van der Waals surface area contributed by atoms with Gasteiger partial charge in [-0.3, -0.25) is 4.79 Å². The molecule has 0 radical (unpaired) electrons. The van der Waals surface area contributed by atoms with Crippen LogP contribution in [-0.4, -0.2) is 37.1 Å². The molecule has 0 aromatic heterocycles. The first-order chi connectivity index (χ1) is 15.8. The minimum absolute atomic E-state index is 0.00815. The Kier molecular flexibility index (Phi) is 8.03. The van der Waals surface area contributed by atoms with Gasteiger partial charge in [0.2, 0.25) is 15.9 Å². The fourth-order valence-corrected chi connectivity index (χ4v) is 4.72. The van der Waals surface area contributed by atoms with Crippen molar-refractivity contribution in [1.82, 2.24) is 10.0 Å². The lowest BCUT2D eigenvalue weighted by Crippen LogP contribution is -2.53. The van der Waals surface area contributed by atoms with Gasteiger partial charge in [-0.05, 0) is 79.2 Å². The first-order valence-electron chi connectivity index (χ1n) is 11.1. The zero-order valence-corrected chi connectivity index (χ0v) is 22.2. The van der Waals surface area contributed by atoms with Crippen molar-refractivity contribution in [1.29, 1.82) is 0 Å². The predicted octanol–water partition coefficient (Wildman–Crippen LogP) is 4.81. The quantitative estimate of drug-likeness (QED) is 0.519. The van der Waals surface area contributed by atoms with Gasteiger partial charge in [0.25, 0.3) is 0 Å². The fraction of sp³-hybridized carbons (Fsp3) is 0.440. The van der Waals surface area contributed by atoms with Crippen molar-refractivity contribution in [2.75, 3.05) is 5.32 Å². The second kappa shape index (κ2) is 9.94. The molecular weight excluding hydrogens is 473 g/mol. The van der Waals surface area contributed by atoms with Crippen LogP contribution < -0.4 is 15.4 Å². The highest BCUT2D eigenvalue weighted by molar-refractivity contribution is 7.89. The van der Waals surface area contributed by atoms with Crippen molar-refractivity contribution in [2.45, 2.75) is 77.0 Å². The predicted molar refractivity (Wildman–Crippen MR) is 134 cm³/mol. The van der Waals surface area contributed by atoms with Gasteiger partial charge < -0.3 is 15.4 Å². The Bertz CT molecular complexity index is 1210. The van der Waals surface area contributed by atoms with Crippen LogP contribution in [0.25, 0.3) is 11.1 Å². The Labute approximate surface area is 206 Å². The molecule has 0 saturated heterocycles. The summed E-state index contributed by atoms with van der Waals surface area (Å²) in [5, 5.41) is 4.92. The van der Waals surface area contributed by atoms with E-state index < -0.39 is 44.5 Å². The van der Waals surface area contributed by atoms with Gasteiger partial charge in [0.1, 0.15) is 17.0 Å². The number of alkyl carbamates (subject to hydrolysis) is 1. The average Bonchev–Trinajstić information content (AvgIpc) is 2.65. The van der Waals surface area contributed by atoms with Crippen LogP contribution in [0.4, 0.5) is 14.9 Å². The molecule has 2 amide bonds. The highest BCUT2D eigenvalue weighted by atomic mass is 32.2. The Morgan fingerprint density at radius 2 is 1.51 bits per heavy atom. The highest BCUT2D eigenvalue weighted by Gasteiger charge is 2.32. The molecule has 2 rings (SSSR count). The van der Waals surface area contributed by atoms with E-state index in [9.17, 15) is 22.4 Å². The summed E-state index contributed by atoms with van der Waals surface area (Å²) in [5.41, 5.74) is -2.33. The Hall–Kier alpha value is -2.98. The normalized spacial score (nSPS) is 12.7. The molecule has 0 aliphatic carbocycles. The van der Waals surface area contributed by atoms with Gasteiger partial charge in [-0.25, -0.2) is 22.3 Å². The van der Waals surface area contributed by atoms with Gasteiger partial charge >= 0.3 is 6.09 Å². The lowest BCUT2D eigenvalue weighted by Gasteiger charge is -2.27. The number of carbonyl (C=O) groups is 2. The summed E-state index contributed by atoms with van der Waals surface area (Å²) >= 11 is 0. The number of nitrogens with one attached hydrogen (secondary N) is 3. The van der Waals surface area contributed by atoms with E-state index in [1.165, 1.54) is 32.0 Å². The number of sulfonamides is 1. The SMILES string of the molecule is CC(C)(C)NS(=O)(=O)c1ccccc1-c1ccc(NC(=O)C(C)(C)NC(=O)OC(C)(C)C)c(F)c1. The van der Waals surface area contributed by atoms with Crippen LogP contribution >= 0.6 is 0 Å². The van der Waals surface area contributed by atoms with E-state index in [1.54, 1.807) is 59.7 Å². The summed E-state index contributed by atoms with van der Waals surface area (Å²) in [6.07, 6.45) is -0.782.